The highest BCUT2D eigenvalue weighted by Crippen LogP contribution is 2.40. The summed E-state index contributed by atoms with van der Waals surface area (Å²) in [4.78, 5) is 0. The Kier molecular flexibility index (Phi) is 3.74. The van der Waals surface area contributed by atoms with E-state index in [1.165, 1.54) is 19.3 Å². The van der Waals surface area contributed by atoms with Crippen molar-refractivity contribution in [2.45, 2.75) is 52.1 Å². The van der Waals surface area contributed by atoms with Gasteiger partial charge in [0.1, 0.15) is 0 Å². The molecule has 3 N–H and O–H groups in total. The summed E-state index contributed by atoms with van der Waals surface area (Å²) in [5.74, 6) is 0.493. The van der Waals surface area contributed by atoms with Crippen molar-refractivity contribution >= 4 is 0 Å². The van der Waals surface area contributed by atoms with Gasteiger partial charge in [0.2, 0.25) is 0 Å². The Bertz CT molecular complexity index is 156. The molecule has 0 aromatic rings. The van der Waals surface area contributed by atoms with Crippen LogP contribution in [0.4, 0.5) is 0 Å². The van der Waals surface area contributed by atoms with Gasteiger partial charge in [-0.2, -0.15) is 0 Å². The molecule has 78 valence electrons. The Morgan fingerprint density at radius 3 is 2.77 bits per heavy atom. The molecule has 1 saturated carbocycles. The van der Waals surface area contributed by atoms with Gasteiger partial charge in [-0.15, -0.1) is 0 Å². The molecule has 0 amide bonds. The monoisotopic (exact) mass is 185 g/mol. The van der Waals surface area contributed by atoms with Crippen molar-refractivity contribution < 1.29 is 5.11 Å². The van der Waals surface area contributed by atoms with E-state index in [2.05, 4.69) is 13.8 Å². The highest BCUT2D eigenvalue weighted by atomic mass is 16.3. The van der Waals surface area contributed by atoms with Gasteiger partial charge in [0, 0.05) is 0 Å². The van der Waals surface area contributed by atoms with Crippen LogP contribution in [-0.2, 0) is 0 Å². The first kappa shape index (κ1) is 11.0. The van der Waals surface area contributed by atoms with Crippen molar-refractivity contribution in [2.24, 2.45) is 17.1 Å². The van der Waals surface area contributed by atoms with E-state index in [-0.39, 0.29) is 6.10 Å². The third-order valence-corrected chi connectivity index (χ3v) is 3.25. The van der Waals surface area contributed by atoms with Crippen molar-refractivity contribution in [2.75, 3.05) is 6.54 Å². The zero-order valence-electron chi connectivity index (χ0n) is 8.92. The molecule has 0 bridgehead atoms. The Morgan fingerprint density at radius 1 is 1.54 bits per heavy atom. The molecule has 0 aromatic carbocycles. The minimum Gasteiger partial charge on any atom is -0.393 e. The zero-order chi connectivity index (χ0) is 9.90. The van der Waals surface area contributed by atoms with E-state index in [9.17, 15) is 5.11 Å². The van der Waals surface area contributed by atoms with Crippen LogP contribution >= 0.6 is 0 Å². The summed E-state index contributed by atoms with van der Waals surface area (Å²) < 4.78 is 0. The molecule has 1 aliphatic carbocycles. The first-order valence-corrected chi connectivity index (χ1v) is 5.43. The fraction of sp³-hybridized carbons (Fsp3) is 1.00. The van der Waals surface area contributed by atoms with E-state index < -0.39 is 0 Å². The fourth-order valence-electron chi connectivity index (χ4n) is 2.49. The van der Waals surface area contributed by atoms with E-state index in [0.29, 0.717) is 17.9 Å². The standard InChI is InChI=1S/C11H23NO/c1-11(2)6-3-4-9(8-11)10(13)5-7-12/h9-10,13H,3-8,12H2,1-2H3/t9?,10-/m0/s1. The van der Waals surface area contributed by atoms with Crippen molar-refractivity contribution in [3.8, 4) is 0 Å². The van der Waals surface area contributed by atoms with Gasteiger partial charge in [0.25, 0.3) is 0 Å². The molecule has 2 atom stereocenters. The minimum absolute atomic E-state index is 0.162. The lowest BCUT2D eigenvalue weighted by Crippen LogP contribution is -2.31. The summed E-state index contributed by atoms with van der Waals surface area (Å²) in [6.07, 6.45) is 5.52. The molecule has 1 aliphatic rings. The summed E-state index contributed by atoms with van der Waals surface area (Å²) in [7, 11) is 0. The molecule has 0 spiro atoms. The Hall–Kier alpha value is -0.0800. The van der Waals surface area contributed by atoms with Crippen molar-refractivity contribution in [1.82, 2.24) is 0 Å². The summed E-state index contributed by atoms with van der Waals surface area (Å²) >= 11 is 0. The highest BCUT2D eigenvalue weighted by molar-refractivity contribution is 4.83. The number of hydrogen-bond donors (Lipinski definition) is 2. The second kappa shape index (κ2) is 4.43. The second-order valence-electron chi connectivity index (χ2n) is 5.17. The van der Waals surface area contributed by atoms with Crippen LogP contribution in [0.3, 0.4) is 0 Å². The first-order valence-electron chi connectivity index (χ1n) is 5.43. The minimum atomic E-state index is -0.162. The van der Waals surface area contributed by atoms with E-state index >= 15 is 0 Å². The lowest BCUT2D eigenvalue weighted by Gasteiger charge is -2.37. The molecule has 0 radical (unpaired) electrons. The lowest BCUT2D eigenvalue weighted by atomic mass is 9.70. The molecular weight excluding hydrogens is 162 g/mol. The molecule has 13 heavy (non-hydrogen) atoms. The van der Waals surface area contributed by atoms with Gasteiger partial charge in [-0.3, -0.25) is 0 Å². The van der Waals surface area contributed by atoms with Crippen LogP contribution in [0.2, 0.25) is 0 Å². The predicted octanol–water partition coefficient (Wildman–Crippen LogP) is 1.91. The van der Waals surface area contributed by atoms with Gasteiger partial charge in [-0.25, -0.2) is 0 Å². The zero-order valence-corrected chi connectivity index (χ0v) is 8.92. The average molecular weight is 185 g/mol. The van der Waals surface area contributed by atoms with Crippen molar-refractivity contribution in [3.05, 3.63) is 0 Å². The van der Waals surface area contributed by atoms with Crippen molar-refractivity contribution in [3.63, 3.8) is 0 Å². The van der Waals surface area contributed by atoms with E-state index in [1.807, 2.05) is 0 Å². The van der Waals surface area contributed by atoms with Crippen LogP contribution in [0.15, 0.2) is 0 Å². The Labute approximate surface area is 81.5 Å². The number of aliphatic hydroxyl groups excluding tert-OH is 1. The molecular formula is C11H23NO. The maximum absolute atomic E-state index is 9.83. The van der Waals surface area contributed by atoms with Gasteiger partial charge in [-0.05, 0) is 43.6 Å². The van der Waals surface area contributed by atoms with Gasteiger partial charge in [0.15, 0.2) is 0 Å². The summed E-state index contributed by atoms with van der Waals surface area (Å²) in [5.41, 5.74) is 5.87. The average Bonchev–Trinajstić information content (AvgIpc) is 2.03. The highest BCUT2D eigenvalue weighted by Gasteiger charge is 2.31. The van der Waals surface area contributed by atoms with Crippen LogP contribution < -0.4 is 5.73 Å². The Balaban J connectivity index is 2.42. The van der Waals surface area contributed by atoms with Crippen LogP contribution in [0.1, 0.15) is 46.0 Å². The van der Waals surface area contributed by atoms with E-state index in [4.69, 9.17) is 5.73 Å². The van der Waals surface area contributed by atoms with Crippen LogP contribution in [0, 0.1) is 11.3 Å². The smallest absolute Gasteiger partial charge is 0.0580 e. The molecule has 1 unspecified atom stereocenters. The maximum Gasteiger partial charge on any atom is 0.0580 e. The topological polar surface area (TPSA) is 46.2 Å². The SMILES string of the molecule is CC1(C)CCCC([C@@H](O)CCN)C1. The predicted molar refractivity (Wildman–Crippen MR) is 55.4 cm³/mol. The fourth-order valence-corrected chi connectivity index (χ4v) is 2.49. The van der Waals surface area contributed by atoms with Crippen LogP contribution in [-0.4, -0.2) is 17.8 Å². The lowest BCUT2D eigenvalue weighted by molar-refractivity contribution is 0.0429. The van der Waals surface area contributed by atoms with Gasteiger partial charge in [-0.1, -0.05) is 20.3 Å². The molecule has 1 fully saturated rings. The molecule has 0 aliphatic heterocycles. The normalized spacial score (nSPS) is 30.0. The third-order valence-electron chi connectivity index (χ3n) is 3.25. The molecule has 0 saturated heterocycles. The van der Waals surface area contributed by atoms with E-state index in [0.717, 1.165) is 12.8 Å². The molecule has 1 rings (SSSR count). The molecule has 0 aromatic heterocycles. The van der Waals surface area contributed by atoms with Crippen molar-refractivity contribution in [1.29, 1.82) is 0 Å². The molecule has 2 heteroatoms. The van der Waals surface area contributed by atoms with Gasteiger partial charge >= 0.3 is 0 Å². The van der Waals surface area contributed by atoms with Gasteiger partial charge in [0.05, 0.1) is 6.10 Å². The largest absolute Gasteiger partial charge is 0.393 e. The maximum atomic E-state index is 9.83. The Morgan fingerprint density at radius 2 is 2.23 bits per heavy atom. The van der Waals surface area contributed by atoms with Gasteiger partial charge < -0.3 is 10.8 Å². The molecule has 2 nitrogen and oxygen atoms in total. The molecule has 0 heterocycles. The third kappa shape index (κ3) is 3.28. The van der Waals surface area contributed by atoms with Crippen LogP contribution in [0.25, 0.3) is 0 Å². The quantitative estimate of drug-likeness (QED) is 0.705. The number of hydrogen-bond acceptors (Lipinski definition) is 2. The summed E-state index contributed by atoms with van der Waals surface area (Å²) in [6.45, 7) is 5.21. The first-order chi connectivity index (χ1) is 6.05. The van der Waals surface area contributed by atoms with E-state index in [1.54, 1.807) is 0 Å². The summed E-state index contributed by atoms with van der Waals surface area (Å²) in [5, 5.41) is 9.83. The second-order valence-corrected chi connectivity index (χ2v) is 5.17. The number of nitrogens with two attached hydrogens (primary N) is 1. The number of aliphatic hydroxyl groups is 1. The van der Waals surface area contributed by atoms with Crippen LogP contribution in [0.5, 0.6) is 0 Å². The summed E-state index contributed by atoms with van der Waals surface area (Å²) in [6, 6.07) is 0. The number of rotatable bonds is 3.